The summed E-state index contributed by atoms with van der Waals surface area (Å²) in [4.78, 5) is 0. The molecular weight excluding hydrogens is 764 g/mol. The van der Waals surface area contributed by atoms with Gasteiger partial charge in [-0.3, -0.25) is 0 Å². The molecular formula is C48H102Br2N2. The zero-order valence-corrected chi connectivity index (χ0v) is 40.5. The molecule has 2 nitrogen and oxygen atoms in total. The summed E-state index contributed by atoms with van der Waals surface area (Å²) in [6.07, 6.45) is 55.5. The van der Waals surface area contributed by atoms with E-state index in [1.807, 2.05) is 0 Å². The van der Waals surface area contributed by atoms with Crippen molar-refractivity contribution >= 4 is 0 Å². The molecule has 0 N–H and O–H groups in total. The lowest BCUT2D eigenvalue weighted by atomic mass is 10.0. The van der Waals surface area contributed by atoms with Crippen LogP contribution in [0, 0.1) is 0 Å². The summed E-state index contributed by atoms with van der Waals surface area (Å²) in [5, 5.41) is 0. The summed E-state index contributed by atoms with van der Waals surface area (Å²) in [5.41, 5.74) is 0. The van der Waals surface area contributed by atoms with Crippen LogP contribution in [0.15, 0.2) is 0 Å². The highest BCUT2D eigenvalue weighted by atomic mass is 79.9. The van der Waals surface area contributed by atoms with E-state index in [-0.39, 0.29) is 34.0 Å². The highest BCUT2D eigenvalue weighted by Gasteiger charge is 2.16. The van der Waals surface area contributed by atoms with Crippen LogP contribution in [0.4, 0.5) is 0 Å². The van der Waals surface area contributed by atoms with Crippen LogP contribution in [0.3, 0.4) is 0 Å². The van der Waals surface area contributed by atoms with Gasteiger partial charge in [-0.05, 0) is 51.4 Å². The van der Waals surface area contributed by atoms with E-state index in [1.165, 1.54) is 279 Å². The molecule has 0 atom stereocenters. The first-order valence-corrected chi connectivity index (χ1v) is 24.0. The fourth-order valence-corrected chi connectivity index (χ4v) is 8.19. The van der Waals surface area contributed by atoms with E-state index in [9.17, 15) is 0 Å². The van der Waals surface area contributed by atoms with Crippen molar-refractivity contribution in [3.63, 3.8) is 0 Å². The predicted octanol–water partition coefficient (Wildman–Crippen LogP) is 10.0. The second-order valence-electron chi connectivity index (χ2n) is 18.5. The molecule has 0 bridgehead atoms. The SMILES string of the molecule is CCCCCCCCCCCCCCCCCCC[N+](C)(C)CCCCCC[N+](C)(C)CCCCCCCCCCCCCCCCCCC.[Br-].[Br-]. The van der Waals surface area contributed by atoms with Gasteiger partial charge in [0, 0.05) is 0 Å². The van der Waals surface area contributed by atoms with Crippen LogP contribution in [0.5, 0.6) is 0 Å². The smallest absolute Gasteiger partial charge is 0.0782 e. The number of quaternary nitrogens is 2. The molecule has 0 fully saturated rings. The van der Waals surface area contributed by atoms with Crippen LogP contribution in [-0.4, -0.2) is 63.3 Å². The first-order chi connectivity index (χ1) is 24.3. The van der Waals surface area contributed by atoms with Crippen molar-refractivity contribution in [3.8, 4) is 0 Å². The Hall–Kier alpha value is 0.880. The van der Waals surface area contributed by atoms with Crippen molar-refractivity contribution in [2.24, 2.45) is 0 Å². The second-order valence-corrected chi connectivity index (χ2v) is 18.5. The van der Waals surface area contributed by atoms with Gasteiger partial charge in [0.15, 0.2) is 0 Å². The quantitative estimate of drug-likeness (QED) is 0.0423. The van der Waals surface area contributed by atoms with Crippen LogP contribution in [-0.2, 0) is 0 Å². The highest BCUT2D eigenvalue weighted by Crippen LogP contribution is 2.17. The lowest BCUT2D eigenvalue weighted by molar-refractivity contribution is -0.891. The van der Waals surface area contributed by atoms with Crippen LogP contribution >= 0.6 is 0 Å². The molecule has 0 saturated carbocycles. The largest absolute Gasteiger partial charge is 1.00 e. The summed E-state index contributed by atoms with van der Waals surface area (Å²) in [6.45, 7) is 10.1. The lowest BCUT2D eigenvalue weighted by Crippen LogP contribution is -3.00. The first-order valence-electron chi connectivity index (χ1n) is 24.0. The molecule has 0 rings (SSSR count). The molecule has 0 saturated heterocycles. The number of hydrogen-bond acceptors (Lipinski definition) is 0. The minimum Gasteiger partial charge on any atom is -1.00 e. The van der Waals surface area contributed by atoms with Crippen LogP contribution in [0.1, 0.15) is 258 Å². The van der Waals surface area contributed by atoms with Gasteiger partial charge in [0.1, 0.15) is 0 Å². The molecule has 0 amide bonds. The summed E-state index contributed by atoms with van der Waals surface area (Å²) in [6, 6.07) is 0. The van der Waals surface area contributed by atoms with Crippen molar-refractivity contribution in [2.75, 3.05) is 54.4 Å². The minimum atomic E-state index is 0. The Morgan fingerprint density at radius 1 is 0.192 bits per heavy atom. The maximum atomic E-state index is 2.48. The van der Waals surface area contributed by atoms with E-state index in [2.05, 4.69) is 42.0 Å². The van der Waals surface area contributed by atoms with Gasteiger partial charge in [0.2, 0.25) is 0 Å². The van der Waals surface area contributed by atoms with Crippen LogP contribution in [0.25, 0.3) is 0 Å². The standard InChI is InChI=1S/C48H102N2.2BrH/c1-7-9-11-13-15-17-19-21-23-25-27-29-31-33-35-37-41-45-49(3,4)47-43-39-40-44-48-50(5,6)46-42-38-36-34-32-30-28-26-24-22-20-18-16-14-12-10-8-2;;/h7-48H2,1-6H3;2*1H/q+2;;/p-2. The Bertz CT molecular complexity index is 584. The van der Waals surface area contributed by atoms with Crippen LogP contribution < -0.4 is 34.0 Å². The zero-order chi connectivity index (χ0) is 36.7. The molecule has 0 aliphatic rings. The minimum absolute atomic E-state index is 0. The number of rotatable bonds is 43. The molecule has 0 radical (unpaired) electrons. The third-order valence-corrected chi connectivity index (χ3v) is 12.0. The molecule has 4 heteroatoms. The van der Waals surface area contributed by atoms with E-state index in [0.717, 1.165) is 0 Å². The van der Waals surface area contributed by atoms with Gasteiger partial charge < -0.3 is 42.9 Å². The lowest BCUT2D eigenvalue weighted by Gasteiger charge is -2.31. The number of unbranched alkanes of at least 4 members (excludes halogenated alkanes) is 35. The van der Waals surface area contributed by atoms with Crippen molar-refractivity contribution in [3.05, 3.63) is 0 Å². The Morgan fingerprint density at radius 3 is 0.442 bits per heavy atom. The fourth-order valence-electron chi connectivity index (χ4n) is 8.19. The van der Waals surface area contributed by atoms with Crippen molar-refractivity contribution < 1.29 is 42.9 Å². The predicted molar refractivity (Wildman–Crippen MR) is 230 cm³/mol. The average molecular weight is 867 g/mol. The van der Waals surface area contributed by atoms with E-state index in [4.69, 9.17) is 0 Å². The number of halogens is 2. The van der Waals surface area contributed by atoms with Gasteiger partial charge in [-0.15, -0.1) is 0 Å². The first kappa shape index (κ1) is 57.2. The third-order valence-electron chi connectivity index (χ3n) is 12.0. The molecule has 52 heavy (non-hydrogen) atoms. The monoisotopic (exact) mass is 865 g/mol. The van der Waals surface area contributed by atoms with E-state index >= 15 is 0 Å². The second kappa shape index (κ2) is 44.6. The number of hydrogen-bond donors (Lipinski definition) is 0. The fraction of sp³-hybridized carbons (Fsp3) is 1.00. The summed E-state index contributed by atoms with van der Waals surface area (Å²) in [7, 11) is 9.91. The maximum absolute atomic E-state index is 2.48. The van der Waals surface area contributed by atoms with E-state index < -0.39 is 0 Å². The third kappa shape index (κ3) is 47.0. The van der Waals surface area contributed by atoms with Crippen molar-refractivity contribution in [2.45, 2.75) is 258 Å². The van der Waals surface area contributed by atoms with Gasteiger partial charge in [-0.2, -0.15) is 0 Å². The Kier molecular flexibility index (Phi) is 49.1. The van der Waals surface area contributed by atoms with Crippen molar-refractivity contribution in [1.82, 2.24) is 0 Å². The molecule has 0 aliphatic heterocycles. The molecule has 0 spiro atoms. The van der Waals surface area contributed by atoms with E-state index in [0.29, 0.717) is 0 Å². The molecule has 0 heterocycles. The van der Waals surface area contributed by atoms with Gasteiger partial charge >= 0.3 is 0 Å². The highest BCUT2D eigenvalue weighted by molar-refractivity contribution is 4.53. The van der Waals surface area contributed by atoms with E-state index in [1.54, 1.807) is 0 Å². The molecule has 0 aliphatic carbocycles. The average Bonchev–Trinajstić information content (AvgIpc) is 3.09. The molecule has 0 aromatic carbocycles. The summed E-state index contributed by atoms with van der Waals surface area (Å²) in [5.74, 6) is 0. The summed E-state index contributed by atoms with van der Waals surface area (Å²) < 4.78 is 2.47. The molecule has 0 unspecified atom stereocenters. The summed E-state index contributed by atoms with van der Waals surface area (Å²) >= 11 is 0. The van der Waals surface area contributed by atoms with Gasteiger partial charge in [0.25, 0.3) is 0 Å². The van der Waals surface area contributed by atoms with Crippen LogP contribution in [0.2, 0.25) is 0 Å². The number of nitrogens with zero attached hydrogens (tertiary/aromatic N) is 2. The Labute approximate surface area is 353 Å². The molecule has 318 valence electrons. The zero-order valence-electron chi connectivity index (χ0n) is 37.3. The maximum Gasteiger partial charge on any atom is 0.0782 e. The topological polar surface area (TPSA) is 0 Å². The van der Waals surface area contributed by atoms with Gasteiger partial charge in [0.05, 0.1) is 54.4 Å². The molecule has 0 aromatic rings. The Morgan fingerprint density at radius 2 is 0.308 bits per heavy atom. The normalized spacial score (nSPS) is 11.9. The molecule has 0 aromatic heterocycles. The van der Waals surface area contributed by atoms with Gasteiger partial charge in [-0.1, -0.05) is 206 Å². The Balaban J connectivity index is -0.0000120. The van der Waals surface area contributed by atoms with Crippen molar-refractivity contribution in [1.29, 1.82) is 0 Å². The van der Waals surface area contributed by atoms with Gasteiger partial charge in [-0.25, -0.2) is 0 Å².